The van der Waals surface area contributed by atoms with Gasteiger partial charge in [0.1, 0.15) is 5.69 Å². The summed E-state index contributed by atoms with van der Waals surface area (Å²) in [6, 6.07) is 9.98. The van der Waals surface area contributed by atoms with Crippen molar-refractivity contribution in [3.8, 4) is 0 Å². The summed E-state index contributed by atoms with van der Waals surface area (Å²) in [7, 11) is 0. The summed E-state index contributed by atoms with van der Waals surface area (Å²) in [6.07, 6.45) is 3.60. The lowest BCUT2D eigenvalue weighted by Gasteiger charge is -2.35. The summed E-state index contributed by atoms with van der Waals surface area (Å²) in [6.45, 7) is 4.54. The van der Waals surface area contributed by atoms with Crippen molar-refractivity contribution in [1.82, 2.24) is 21.2 Å². The molecule has 2 aromatic rings. The SMILES string of the molecule is C[C@H]1[C@@H](NC(=S)NNC(=O)c2cc3ccccc3[nH]2)CCC[C@@H]1C. The number of hydrazine groups is 1. The molecule has 3 atom stereocenters. The average molecular weight is 344 g/mol. The Labute approximate surface area is 147 Å². The number of hydrogen-bond donors (Lipinski definition) is 4. The van der Waals surface area contributed by atoms with Crippen LogP contribution in [0.15, 0.2) is 30.3 Å². The number of fused-ring (bicyclic) bond motifs is 1. The molecule has 5 nitrogen and oxygen atoms in total. The van der Waals surface area contributed by atoms with Crippen molar-refractivity contribution in [2.75, 3.05) is 0 Å². The van der Waals surface area contributed by atoms with Crippen LogP contribution in [0.1, 0.15) is 43.6 Å². The highest BCUT2D eigenvalue weighted by Gasteiger charge is 2.27. The van der Waals surface area contributed by atoms with E-state index in [4.69, 9.17) is 12.2 Å². The van der Waals surface area contributed by atoms with E-state index in [0.29, 0.717) is 28.7 Å². The predicted molar refractivity (Wildman–Crippen MR) is 101 cm³/mol. The molecule has 1 amide bonds. The third kappa shape index (κ3) is 3.70. The molecule has 0 aliphatic heterocycles. The van der Waals surface area contributed by atoms with Crippen LogP contribution in [0.2, 0.25) is 0 Å². The van der Waals surface area contributed by atoms with E-state index in [1.165, 1.54) is 12.8 Å². The number of H-pyrrole nitrogens is 1. The molecule has 0 saturated heterocycles. The van der Waals surface area contributed by atoms with Gasteiger partial charge in [-0.2, -0.15) is 0 Å². The minimum Gasteiger partial charge on any atom is -0.358 e. The van der Waals surface area contributed by atoms with Crippen LogP contribution in [0.3, 0.4) is 0 Å². The molecule has 6 heteroatoms. The van der Waals surface area contributed by atoms with E-state index >= 15 is 0 Å². The predicted octanol–water partition coefficient (Wildman–Crippen LogP) is 3.10. The van der Waals surface area contributed by atoms with Crippen LogP contribution in [-0.2, 0) is 0 Å². The molecule has 0 unspecified atom stereocenters. The highest BCUT2D eigenvalue weighted by atomic mass is 32.1. The Morgan fingerprint density at radius 3 is 2.79 bits per heavy atom. The van der Waals surface area contributed by atoms with Gasteiger partial charge in [-0.3, -0.25) is 15.6 Å². The molecule has 24 heavy (non-hydrogen) atoms. The molecule has 0 bridgehead atoms. The fourth-order valence-corrected chi connectivity index (χ4v) is 3.57. The molecule has 0 spiro atoms. The fourth-order valence-electron chi connectivity index (χ4n) is 3.37. The van der Waals surface area contributed by atoms with Crippen LogP contribution >= 0.6 is 12.2 Å². The van der Waals surface area contributed by atoms with E-state index in [2.05, 4.69) is 35.0 Å². The first kappa shape index (κ1) is 16.8. The van der Waals surface area contributed by atoms with Crippen LogP contribution in [0, 0.1) is 11.8 Å². The van der Waals surface area contributed by atoms with Gasteiger partial charge in [0, 0.05) is 16.9 Å². The normalized spacial score (nSPS) is 23.7. The fraction of sp³-hybridized carbons (Fsp3) is 0.444. The molecule has 1 fully saturated rings. The van der Waals surface area contributed by atoms with Crippen LogP contribution in [-0.4, -0.2) is 22.0 Å². The topological polar surface area (TPSA) is 68.9 Å². The summed E-state index contributed by atoms with van der Waals surface area (Å²) >= 11 is 5.31. The number of hydrogen-bond acceptors (Lipinski definition) is 2. The van der Waals surface area contributed by atoms with Gasteiger partial charge < -0.3 is 10.3 Å². The number of para-hydroxylation sites is 1. The average Bonchev–Trinajstić information content (AvgIpc) is 3.01. The lowest BCUT2D eigenvalue weighted by Crippen LogP contribution is -2.52. The number of carbonyl (C=O) groups excluding carboxylic acids is 1. The molecule has 0 radical (unpaired) electrons. The monoisotopic (exact) mass is 344 g/mol. The first-order chi connectivity index (χ1) is 11.5. The Morgan fingerprint density at radius 2 is 2.00 bits per heavy atom. The maximum absolute atomic E-state index is 12.2. The van der Waals surface area contributed by atoms with E-state index in [9.17, 15) is 4.79 Å². The largest absolute Gasteiger partial charge is 0.358 e. The van der Waals surface area contributed by atoms with E-state index in [-0.39, 0.29) is 5.91 Å². The summed E-state index contributed by atoms with van der Waals surface area (Å²) in [5, 5.41) is 4.80. The Bertz CT molecular complexity index is 708. The maximum atomic E-state index is 12.2. The van der Waals surface area contributed by atoms with Crippen molar-refractivity contribution in [1.29, 1.82) is 0 Å². The molecule has 4 N–H and O–H groups in total. The summed E-state index contributed by atoms with van der Waals surface area (Å²) in [5.74, 6) is 1.03. The van der Waals surface area contributed by atoms with E-state index in [1.807, 2.05) is 30.3 Å². The van der Waals surface area contributed by atoms with E-state index in [1.54, 1.807) is 0 Å². The molecule has 1 saturated carbocycles. The van der Waals surface area contributed by atoms with Crippen LogP contribution in [0.5, 0.6) is 0 Å². The summed E-state index contributed by atoms with van der Waals surface area (Å²) < 4.78 is 0. The van der Waals surface area contributed by atoms with Crippen molar-refractivity contribution in [2.45, 2.75) is 39.2 Å². The quantitative estimate of drug-likeness (QED) is 0.499. The van der Waals surface area contributed by atoms with E-state index < -0.39 is 0 Å². The highest BCUT2D eigenvalue weighted by molar-refractivity contribution is 7.80. The van der Waals surface area contributed by atoms with Crippen molar-refractivity contribution >= 4 is 34.1 Å². The molecule has 1 aliphatic carbocycles. The third-order valence-electron chi connectivity index (χ3n) is 5.09. The standard InChI is InChI=1S/C18H24N4OS/c1-11-6-5-9-14(12(11)2)20-18(24)22-21-17(23)16-10-13-7-3-4-8-15(13)19-16/h3-4,7-8,10-12,14,19H,5-6,9H2,1-2H3,(H,21,23)(H2,20,22,24)/t11-,12+,14-/m0/s1. The molecule has 1 aromatic heterocycles. The third-order valence-corrected chi connectivity index (χ3v) is 5.31. The molecule has 1 aromatic carbocycles. The lowest BCUT2D eigenvalue weighted by atomic mass is 9.78. The summed E-state index contributed by atoms with van der Waals surface area (Å²) in [5.41, 5.74) is 6.90. The Hall–Kier alpha value is -2.08. The molecule has 3 rings (SSSR count). The molecule has 1 heterocycles. The minimum absolute atomic E-state index is 0.236. The number of amides is 1. The lowest BCUT2D eigenvalue weighted by molar-refractivity contribution is 0.0939. The van der Waals surface area contributed by atoms with Gasteiger partial charge in [-0.05, 0) is 42.6 Å². The van der Waals surface area contributed by atoms with E-state index in [0.717, 1.165) is 17.3 Å². The zero-order chi connectivity index (χ0) is 17.1. The zero-order valence-electron chi connectivity index (χ0n) is 14.1. The molecule has 128 valence electrons. The van der Waals surface area contributed by atoms with Gasteiger partial charge in [0.25, 0.3) is 5.91 Å². The first-order valence-corrected chi connectivity index (χ1v) is 8.90. The van der Waals surface area contributed by atoms with Crippen molar-refractivity contribution < 1.29 is 4.79 Å². The zero-order valence-corrected chi connectivity index (χ0v) is 14.9. The van der Waals surface area contributed by atoms with Gasteiger partial charge >= 0.3 is 0 Å². The second-order valence-corrected chi connectivity index (χ2v) is 7.10. The van der Waals surface area contributed by atoms with Crippen LogP contribution in [0.4, 0.5) is 0 Å². The number of thiocarbonyl (C=S) groups is 1. The van der Waals surface area contributed by atoms with Crippen molar-refractivity contribution in [3.63, 3.8) is 0 Å². The van der Waals surface area contributed by atoms with Crippen molar-refractivity contribution in [3.05, 3.63) is 36.0 Å². The van der Waals surface area contributed by atoms with Gasteiger partial charge in [0.15, 0.2) is 5.11 Å². The van der Waals surface area contributed by atoms with Gasteiger partial charge in [0.05, 0.1) is 0 Å². The smallest absolute Gasteiger partial charge is 0.286 e. The number of aromatic amines is 1. The second-order valence-electron chi connectivity index (χ2n) is 6.70. The van der Waals surface area contributed by atoms with Gasteiger partial charge in [-0.25, -0.2) is 0 Å². The van der Waals surface area contributed by atoms with Crippen LogP contribution < -0.4 is 16.2 Å². The van der Waals surface area contributed by atoms with Crippen LogP contribution in [0.25, 0.3) is 10.9 Å². The molecular formula is C18H24N4OS. The van der Waals surface area contributed by atoms with Gasteiger partial charge in [0.2, 0.25) is 0 Å². The number of rotatable bonds is 2. The Balaban J connectivity index is 1.53. The molecule has 1 aliphatic rings. The van der Waals surface area contributed by atoms with Gasteiger partial charge in [-0.15, -0.1) is 0 Å². The maximum Gasteiger partial charge on any atom is 0.286 e. The first-order valence-electron chi connectivity index (χ1n) is 8.49. The highest BCUT2D eigenvalue weighted by Crippen LogP contribution is 2.29. The summed E-state index contributed by atoms with van der Waals surface area (Å²) in [4.78, 5) is 15.3. The van der Waals surface area contributed by atoms with Crippen molar-refractivity contribution in [2.24, 2.45) is 11.8 Å². The number of carbonyl (C=O) groups is 1. The Morgan fingerprint density at radius 1 is 1.21 bits per heavy atom. The number of benzene rings is 1. The number of aromatic nitrogens is 1. The minimum atomic E-state index is -0.236. The molecular weight excluding hydrogens is 320 g/mol. The number of nitrogens with one attached hydrogen (secondary N) is 4. The van der Waals surface area contributed by atoms with Gasteiger partial charge in [-0.1, -0.05) is 44.9 Å². The second kappa shape index (κ2) is 7.21. The Kier molecular flexibility index (Phi) is 5.04.